The van der Waals surface area contributed by atoms with Gasteiger partial charge in [0, 0.05) is 5.92 Å². The van der Waals surface area contributed by atoms with Crippen molar-refractivity contribution in [2.24, 2.45) is 23.2 Å². The number of rotatable bonds is 1. The lowest BCUT2D eigenvalue weighted by atomic mass is 9.59. The van der Waals surface area contributed by atoms with Crippen LogP contribution in [0.1, 0.15) is 46.5 Å². The molecule has 15 heavy (non-hydrogen) atoms. The van der Waals surface area contributed by atoms with E-state index < -0.39 is 0 Å². The van der Waals surface area contributed by atoms with Crippen molar-refractivity contribution in [3.63, 3.8) is 0 Å². The molecule has 0 aromatic carbocycles. The summed E-state index contributed by atoms with van der Waals surface area (Å²) >= 11 is 0. The first kappa shape index (κ1) is 10.9. The summed E-state index contributed by atoms with van der Waals surface area (Å²) in [5, 5.41) is 0. The van der Waals surface area contributed by atoms with E-state index in [-0.39, 0.29) is 5.92 Å². The van der Waals surface area contributed by atoms with Crippen molar-refractivity contribution in [2.45, 2.75) is 46.5 Å². The molecule has 0 aliphatic heterocycles. The average Bonchev–Trinajstić information content (AvgIpc) is 2.16. The molecular formula is C14H22O. The Morgan fingerprint density at radius 2 is 2.20 bits per heavy atom. The fourth-order valence-corrected chi connectivity index (χ4v) is 3.49. The molecule has 0 spiro atoms. The summed E-state index contributed by atoms with van der Waals surface area (Å²) in [5.41, 5.74) is 1.91. The van der Waals surface area contributed by atoms with Crippen LogP contribution in [-0.4, -0.2) is 6.29 Å². The minimum absolute atomic E-state index is 0.282. The molecule has 0 saturated heterocycles. The van der Waals surface area contributed by atoms with Gasteiger partial charge in [0.1, 0.15) is 6.29 Å². The van der Waals surface area contributed by atoms with Gasteiger partial charge >= 0.3 is 0 Å². The molecule has 0 unspecified atom stereocenters. The summed E-state index contributed by atoms with van der Waals surface area (Å²) in [6.07, 6.45) is 8.53. The zero-order valence-corrected chi connectivity index (χ0v) is 10.1. The summed E-state index contributed by atoms with van der Waals surface area (Å²) in [5.74, 6) is 1.38. The number of hydrogen-bond acceptors (Lipinski definition) is 1. The van der Waals surface area contributed by atoms with Crippen molar-refractivity contribution >= 4 is 6.29 Å². The Kier molecular flexibility index (Phi) is 2.74. The van der Waals surface area contributed by atoms with Crippen molar-refractivity contribution in [3.05, 3.63) is 11.6 Å². The first-order valence-electron chi connectivity index (χ1n) is 6.22. The number of fused-ring (bicyclic) bond motifs is 1. The van der Waals surface area contributed by atoms with E-state index in [1.54, 1.807) is 5.57 Å². The van der Waals surface area contributed by atoms with Crippen LogP contribution in [0.3, 0.4) is 0 Å². The maximum Gasteiger partial charge on any atom is 0.123 e. The second-order valence-electron chi connectivity index (χ2n) is 5.97. The van der Waals surface area contributed by atoms with Gasteiger partial charge in [-0.15, -0.1) is 0 Å². The molecule has 0 bridgehead atoms. The molecule has 1 nitrogen and oxygen atoms in total. The molecule has 0 N–H and O–H groups in total. The molecule has 3 atom stereocenters. The lowest BCUT2D eigenvalue weighted by molar-refractivity contribution is -0.114. The Balaban J connectivity index is 2.32. The Morgan fingerprint density at radius 1 is 1.47 bits per heavy atom. The first-order chi connectivity index (χ1) is 7.06. The molecule has 84 valence electrons. The summed E-state index contributed by atoms with van der Waals surface area (Å²) in [6, 6.07) is 0. The lowest BCUT2D eigenvalue weighted by Gasteiger charge is -2.45. The van der Waals surface area contributed by atoms with Crippen LogP contribution in [-0.2, 0) is 4.79 Å². The molecule has 0 heterocycles. The zero-order chi connectivity index (χ0) is 11.1. The zero-order valence-electron chi connectivity index (χ0n) is 10.1. The molecule has 1 saturated carbocycles. The van der Waals surface area contributed by atoms with E-state index in [1.165, 1.54) is 25.5 Å². The Morgan fingerprint density at radius 3 is 2.87 bits per heavy atom. The monoisotopic (exact) mass is 206 g/mol. The van der Waals surface area contributed by atoms with Gasteiger partial charge in [-0.1, -0.05) is 38.8 Å². The van der Waals surface area contributed by atoms with E-state index in [9.17, 15) is 4.79 Å². The number of aldehydes is 1. The number of allylic oxidation sites excluding steroid dienone is 2. The minimum Gasteiger partial charge on any atom is -0.303 e. The molecule has 2 rings (SSSR count). The van der Waals surface area contributed by atoms with Gasteiger partial charge in [0.15, 0.2) is 0 Å². The van der Waals surface area contributed by atoms with Crippen LogP contribution >= 0.6 is 0 Å². The van der Waals surface area contributed by atoms with E-state index in [0.29, 0.717) is 17.3 Å². The van der Waals surface area contributed by atoms with Gasteiger partial charge in [-0.3, -0.25) is 0 Å². The van der Waals surface area contributed by atoms with Gasteiger partial charge in [-0.2, -0.15) is 0 Å². The van der Waals surface area contributed by atoms with Crippen LogP contribution in [0, 0.1) is 23.2 Å². The Hall–Kier alpha value is -0.590. The van der Waals surface area contributed by atoms with Crippen LogP contribution in [0.25, 0.3) is 0 Å². The molecule has 0 amide bonds. The molecule has 2 aliphatic carbocycles. The van der Waals surface area contributed by atoms with Crippen LogP contribution in [0.15, 0.2) is 11.6 Å². The van der Waals surface area contributed by atoms with Crippen LogP contribution < -0.4 is 0 Å². The summed E-state index contributed by atoms with van der Waals surface area (Å²) < 4.78 is 0. The maximum absolute atomic E-state index is 11.2. The molecule has 1 heteroatoms. The van der Waals surface area contributed by atoms with Crippen molar-refractivity contribution < 1.29 is 4.79 Å². The quantitative estimate of drug-likeness (QED) is 0.473. The molecule has 1 fully saturated rings. The van der Waals surface area contributed by atoms with E-state index in [1.807, 2.05) is 0 Å². The summed E-state index contributed by atoms with van der Waals surface area (Å²) in [4.78, 5) is 11.2. The third-order valence-corrected chi connectivity index (χ3v) is 4.49. The number of hydrogen-bond donors (Lipinski definition) is 0. The Labute approximate surface area is 92.9 Å². The maximum atomic E-state index is 11.2. The highest BCUT2D eigenvalue weighted by Gasteiger charge is 2.40. The van der Waals surface area contributed by atoms with Crippen LogP contribution in [0.2, 0.25) is 0 Å². The van der Waals surface area contributed by atoms with Gasteiger partial charge in [-0.25, -0.2) is 0 Å². The third-order valence-electron chi connectivity index (χ3n) is 4.49. The highest BCUT2D eigenvalue weighted by molar-refractivity contribution is 5.57. The van der Waals surface area contributed by atoms with Gasteiger partial charge in [0.2, 0.25) is 0 Å². The Bertz CT molecular complexity index is 288. The van der Waals surface area contributed by atoms with Gasteiger partial charge < -0.3 is 4.79 Å². The van der Waals surface area contributed by atoms with Crippen molar-refractivity contribution in [2.75, 3.05) is 0 Å². The molecular weight excluding hydrogens is 184 g/mol. The van der Waals surface area contributed by atoms with Crippen molar-refractivity contribution in [1.82, 2.24) is 0 Å². The smallest absolute Gasteiger partial charge is 0.123 e. The van der Waals surface area contributed by atoms with Gasteiger partial charge in [0.25, 0.3) is 0 Å². The van der Waals surface area contributed by atoms with Crippen molar-refractivity contribution in [3.8, 4) is 0 Å². The number of carbonyl (C=O) groups is 1. The van der Waals surface area contributed by atoms with Crippen LogP contribution in [0.4, 0.5) is 0 Å². The molecule has 0 radical (unpaired) electrons. The molecule has 0 aromatic heterocycles. The SMILES string of the molecule is C[C@H]1CC=C2[C@H](CCCC2(C)C)[C@@H]1C=O. The fourth-order valence-electron chi connectivity index (χ4n) is 3.49. The van der Waals surface area contributed by atoms with Gasteiger partial charge in [-0.05, 0) is 36.5 Å². The second kappa shape index (κ2) is 3.77. The minimum atomic E-state index is 0.282. The summed E-state index contributed by atoms with van der Waals surface area (Å²) in [6.45, 7) is 6.89. The fraction of sp³-hybridized carbons (Fsp3) is 0.786. The third kappa shape index (κ3) is 1.77. The normalized spacial score (nSPS) is 39.1. The largest absolute Gasteiger partial charge is 0.303 e. The summed E-state index contributed by atoms with van der Waals surface area (Å²) in [7, 11) is 0. The predicted molar refractivity (Wildman–Crippen MR) is 62.5 cm³/mol. The highest BCUT2D eigenvalue weighted by Crippen LogP contribution is 2.50. The number of carbonyl (C=O) groups excluding carboxylic acids is 1. The standard InChI is InChI=1S/C14H22O/c1-10-6-7-13-11(12(10)9-15)5-4-8-14(13,2)3/h7,9-12H,4-6,8H2,1-3H3/t10-,11+,12+/m0/s1. The van der Waals surface area contributed by atoms with Gasteiger partial charge in [0.05, 0.1) is 0 Å². The predicted octanol–water partition coefficient (Wildman–Crippen LogP) is 3.59. The molecule has 2 aliphatic rings. The van der Waals surface area contributed by atoms with E-state index in [0.717, 1.165) is 6.42 Å². The van der Waals surface area contributed by atoms with E-state index in [2.05, 4.69) is 26.8 Å². The average molecular weight is 206 g/mol. The van der Waals surface area contributed by atoms with E-state index >= 15 is 0 Å². The van der Waals surface area contributed by atoms with Crippen molar-refractivity contribution in [1.29, 1.82) is 0 Å². The second-order valence-corrected chi connectivity index (χ2v) is 5.97. The van der Waals surface area contributed by atoms with E-state index in [4.69, 9.17) is 0 Å². The molecule has 0 aromatic rings. The first-order valence-corrected chi connectivity index (χ1v) is 6.22. The lowest BCUT2D eigenvalue weighted by Crippen LogP contribution is -2.37. The highest BCUT2D eigenvalue weighted by atomic mass is 16.1. The topological polar surface area (TPSA) is 17.1 Å². The van der Waals surface area contributed by atoms with Crippen LogP contribution in [0.5, 0.6) is 0 Å².